The van der Waals surface area contributed by atoms with E-state index in [0.717, 1.165) is 18.1 Å². The molecule has 0 bridgehead atoms. The molecule has 0 aliphatic carbocycles. The van der Waals surface area contributed by atoms with Crippen LogP contribution in [0.25, 0.3) is 0 Å². The minimum absolute atomic E-state index is 0.888. The average molecular weight is 200 g/mol. The van der Waals surface area contributed by atoms with Crippen LogP contribution in [0.3, 0.4) is 0 Å². The molecule has 0 amide bonds. The third-order valence-electron chi connectivity index (χ3n) is 2.53. The molecule has 0 heterocycles. The van der Waals surface area contributed by atoms with E-state index in [2.05, 4.69) is 39.5 Å². The maximum absolute atomic E-state index is 4.29. The van der Waals surface area contributed by atoms with E-state index in [1.165, 1.54) is 31.3 Å². The summed E-state index contributed by atoms with van der Waals surface area (Å²) in [6.07, 6.45) is 8.80. The summed E-state index contributed by atoms with van der Waals surface area (Å²) < 4.78 is 0. The van der Waals surface area contributed by atoms with Gasteiger partial charge in [-0.15, -0.1) is 0 Å². The summed E-state index contributed by atoms with van der Waals surface area (Å²) in [6, 6.07) is 0. The minimum atomic E-state index is 0.888. The van der Waals surface area contributed by atoms with Crippen LogP contribution in [0.4, 0.5) is 0 Å². The van der Waals surface area contributed by atoms with Crippen molar-refractivity contribution < 1.29 is 0 Å². The van der Waals surface area contributed by atoms with E-state index in [1.54, 1.807) is 0 Å². The normalized spacial score (nSPS) is 14.6. The molecule has 0 aliphatic rings. The fourth-order valence-corrected chi connectivity index (χ4v) is 1.88. The summed E-state index contributed by atoms with van der Waals surface area (Å²) >= 11 is 4.29. The molecule has 13 heavy (non-hydrogen) atoms. The fraction of sp³-hybridized carbons (Fsp3) is 0.833. The molecule has 1 atom stereocenters. The van der Waals surface area contributed by atoms with Gasteiger partial charge in [-0.3, -0.25) is 0 Å². The predicted molar refractivity (Wildman–Crippen MR) is 65.5 cm³/mol. The molecule has 0 saturated heterocycles. The largest absolute Gasteiger partial charge is 0.175 e. The second-order valence-electron chi connectivity index (χ2n) is 3.85. The molecule has 0 radical (unpaired) electrons. The zero-order valence-electron chi connectivity index (χ0n) is 9.34. The van der Waals surface area contributed by atoms with E-state index in [0.29, 0.717) is 0 Å². The van der Waals surface area contributed by atoms with Crippen LogP contribution in [0.15, 0.2) is 11.6 Å². The standard InChI is InChI=1S/C12H24S/c1-4-7-11(3)8-6-9-12(5-2)10-13/h9,11,13H,4-8,10H2,1-3H3/b12-9-. The SMILES string of the molecule is CCCC(C)CC/C=C(/CC)CS. The van der Waals surface area contributed by atoms with Gasteiger partial charge in [-0.05, 0) is 25.2 Å². The second kappa shape index (κ2) is 8.68. The lowest BCUT2D eigenvalue weighted by Gasteiger charge is -2.07. The van der Waals surface area contributed by atoms with Crippen LogP contribution in [0.1, 0.15) is 52.9 Å². The Labute approximate surface area is 89.2 Å². The molecule has 0 N–H and O–H groups in total. The predicted octanol–water partition coefficient (Wildman–Crippen LogP) is 4.47. The fourth-order valence-electron chi connectivity index (χ4n) is 1.53. The van der Waals surface area contributed by atoms with E-state index < -0.39 is 0 Å². The van der Waals surface area contributed by atoms with E-state index in [9.17, 15) is 0 Å². The topological polar surface area (TPSA) is 0 Å². The van der Waals surface area contributed by atoms with Crippen LogP contribution in [-0.2, 0) is 0 Å². The van der Waals surface area contributed by atoms with Gasteiger partial charge in [0.2, 0.25) is 0 Å². The Morgan fingerprint density at radius 3 is 2.46 bits per heavy atom. The molecule has 0 nitrogen and oxygen atoms in total. The Bertz CT molecular complexity index is 132. The molecule has 0 aromatic carbocycles. The highest BCUT2D eigenvalue weighted by atomic mass is 32.1. The van der Waals surface area contributed by atoms with Crippen molar-refractivity contribution in [3.8, 4) is 0 Å². The highest BCUT2D eigenvalue weighted by Crippen LogP contribution is 2.14. The highest BCUT2D eigenvalue weighted by molar-refractivity contribution is 7.80. The maximum Gasteiger partial charge on any atom is 0.0112 e. The Morgan fingerprint density at radius 2 is 2.00 bits per heavy atom. The monoisotopic (exact) mass is 200 g/mol. The summed E-state index contributed by atoms with van der Waals surface area (Å²) in [5.41, 5.74) is 1.49. The molecule has 0 aromatic heterocycles. The summed E-state index contributed by atoms with van der Waals surface area (Å²) in [4.78, 5) is 0. The lowest BCUT2D eigenvalue weighted by Crippen LogP contribution is -1.93. The summed E-state index contributed by atoms with van der Waals surface area (Å²) in [6.45, 7) is 6.82. The van der Waals surface area contributed by atoms with E-state index in [-0.39, 0.29) is 0 Å². The number of rotatable bonds is 7. The Balaban J connectivity index is 3.57. The van der Waals surface area contributed by atoms with E-state index in [1.807, 2.05) is 0 Å². The van der Waals surface area contributed by atoms with Crippen LogP contribution >= 0.6 is 12.6 Å². The summed E-state index contributed by atoms with van der Waals surface area (Å²) in [5.74, 6) is 1.82. The first-order valence-corrected chi connectivity index (χ1v) is 6.16. The van der Waals surface area contributed by atoms with E-state index >= 15 is 0 Å². The van der Waals surface area contributed by atoms with Crippen molar-refractivity contribution in [3.05, 3.63) is 11.6 Å². The minimum Gasteiger partial charge on any atom is -0.175 e. The van der Waals surface area contributed by atoms with Crippen molar-refractivity contribution in [1.29, 1.82) is 0 Å². The Hall–Kier alpha value is 0.0900. The zero-order valence-corrected chi connectivity index (χ0v) is 10.2. The highest BCUT2D eigenvalue weighted by Gasteiger charge is 1.98. The van der Waals surface area contributed by atoms with Crippen molar-refractivity contribution in [1.82, 2.24) is 0 Å². The number of hydrogen-bond acceptors (Lipinski definition) is 1. The third-order valence-corrected chi connectivity index (χ3v) is 2.94. The molecule has 0 saturated carbocycles. The van der Waals surface area contributed by atoms with Crippen molar-refractivity contribution in [2.75, 3.05) is 5.75 Å². The van der Waals surface area contributed by atoms with Gasteiger partial charge in [-0.2, -0.15) is 12.6 Å². The summed E-state index contributed by atoms with van der Waals surface area (Å²) in [7, 11) is 0. The van der Waals surface area contributed by atoms with Crippen molar-refractivity contribution >= 4 is 12.6 Å². The molecule has 0 fully saturated rings. The average Bonchev–Trinajstić information content (AvgIpc) is 2.13. The van der Waals surface area contributed by atoms with Crippen LogP contribution in [0, 0.1) is 5.92 Å². The second-order valence-corrected chi connectivity index (χ2v) is 4.16. The summed E-state index contributed by atoms with van der Waals surface area (Å²) in [5, 5.41) is 0. The van der Waals surface area contributed by atoms with Gasteiger partial charge >= 0.3 is 0 Å². The Morgan fingerprint density at radius 1 is 1.31 bits per heavy atom. The first-order valence-electron chi connectivity index (χ1n) is 5.53. The third kappa shape index (κ3) is 7.18. The van der Waals surface area contributed by atoms with Gasteiger partial charge in [0.05, 0.1) is 0 Å². The first kappa shape index (κ1) is 13.1. The van der Waals surface area contributed by atoms with Gasteiger partial charge in [0.1, 0.15) is 0 Å². The van der Waals surface area contributed by atoms with Crippen LogP contribution in [-0.4, -0.2) is 5.75 Å². The zero-order chi connectivity index (χ0) is 10.1. The molecular formula is C12H24S. The van der Waals surface area contributed by atoms with Gasteiger partial charge in [0, 0.05) is 5.75 Å². The van der Waals surface area contributed by atoms with Gasteiger partial charge in [-0.1, -0.05) is 45.3 Å². The Kier molecular flexibility index (Phi) is 8.74. The smallest absolute Gasteiger partial charge is 0.0112 e. The maximum atomic E-state index is 4.29. The molecule has 0 aliphatic heterocycles. The van der Waals surface area contributed by atoms with Gasteiger partial charge in [-0.25, -0.2) is 0 Å². The van der Waals surface area contributed by atoms with Crippen molar-refractivity contribution in [2.24, 2.45) is 5.92 Å². The van der Waals surface area contributed by atoms with Crippen molar-refractivity contribution in [3.63, 3.8) is 0 Å². The molecule has 78 valence electrons. The van der Waals surface area contributed by atoms with E-state index in [4.69, 9.17) is 0 Å². The van der Waals surface area contributed by atoms with Crippen LogP contribution in [0.5, 0.6) is 0 Å². The molecule has 0 spiro atoms. The molecule has 0 aromatic rings. The molecular weight excluding hydrogens is 176 g/mol. The number of allylic oxidation sites excluding steroid dienone is 1. The molecule has 1 unspecified atom stereocenters. The molecule has 1 heteroatoms. The van der Waals surface area contributed by atoms with Gasteiger partial charge in [0.15, 0.2) is 0 Å². The van der Waals surface area contributed by atoms with Crippen molar-refractivity contribution in [2.45, 2.75) is 52.9 Å². The van der Waals surface area contributed by atoms with Crippen LogP contribution < -0.4 is 0 Å². The lowest BCUT2D eigenvalue weighted by molar-refractivity contribution is 0.490. The lowest BCUT2D eigenvalue weighted by atomic mass is 9.99. The van der Waals surface area contributed by atoms with Crippen LogP contribution in [0.2, 0.25) is 0 Å². The number of thiol groups is 1. The number of hydrogen-bond donors (Lipinski definition) is 1. The molecule has 0 rings (SSSR count). The first-order chi connectivity index (χ1) is 6.24. The van der Waals surface area contributed by atoms with Gasteiger partial charge < -0.3 is 0 Å². The van der Waals surface area contributed by atoms with Gasteiger partial charge in [0.25, 0.3) is 0 Å². The quantitative estimate of drug-likeness (QED) is 0.455.